The first-order valence-corrected chi connectivity index (χ1v) is 14.5. The van der Waals surface area contributed by atoms with Crippen LogP contribution < -0.4 is 11.1 Å². The highest BCUT2D eigenvalue weighted by Crippen LogP contribution is 2.52. The summed E-state index contributed by atoms with van der Waals surface area (Å²) in [6.07, 6.45) is 2.06. The molecule has 1 saturated carbocycles. The second-order valence-electron chi connectivity index (χ2n) is 11.8. The van der Waals surface area contributed by atoms with Crippen LogP contribution in [-0.2, 0) is 20.1 Å². The van der Waals surface area contributed by atoms with E-state index in [0.717, 1.165) is 24.2 Å². The highest BCUT2D eigenvalue weighted by atomic mass is 32.2. The van der Waals surface area contributed by atoms with Gasteiger partial charge in [0.05, 0.1) is 11.0 Å². The number of carbonyl (C=O) groups is 3. The molecule has 1 aliphatic carbocycles. The molecule has 2 saturated heterocycles. The molecule has 8 heteroatoms. The number of nitrogens with one attached hydrogen (secondary N) is 1. The van der Waals surface area contributed by atoms with Gasteiger partial charge in [-0.3, -0.25) is 14.4 Å². The minimum atomic E-state index is -1.10. The summed E-state index contributed by atoms with van der Waals surface area (Å²) in [4.78, 5) is 44.6. The van der Waals surface area contributed by atoms with E-state index in [0.29, 0.717) is 26.1 Å². The van der Waals surface area contributed by atoms with Crippen LogP contribution in [0.2, 0.25) is 0 Å². The smallest absolute Gasteiger partial charge is 0.249 e. The zero-order valence-corrected chi connectivity index (χ0v) is 23.3. The molecule has 3 N–H and O–H groups in total. The number of benzene rings is 2. The second kappa shape index (κ2) is 10.0. The second-order valence-corrected chi connectivity index (χ2v) is 13.0. The number of likely N-dealkylation sites (tertiary alicyclic amines) is 2. The van der Waals surface area contributed by atoms with Gasteiger partial charge in [-0.15, -0.1) is 0 Å². The molecule has 3 fully saturated rings. The molecule has 3 aliphatic rings. The van der Waals surface area contributed by atoms with Crippen molar-refractivity contribution in [3.8, 4) is 0 Å². The van der Waals surface area contributed by atoms with Crippen LogP contribution >= 0.6 is 11.8 Å². The topological polar surface area (TPSA) is 95.7 Å². The molecule has 202 valence electrons. The molecule has 2 aromatic rings. The normalized spacial score (nSPS) is 29.0. The molecule has 2 aromatic carbocycles. The highest BCUT2D eigenvalue weighted by molar-refractivity contribution is 7.99. The van der Waals surface area contributed by atoms with Gasteiger partial charge in [-0.2, -0.15) is 11.8 Å². The zero-order valence-electron chi connectivity index (χ0n) is 22.5. The van der Waals surface area contributed by atoms with E-state index in [1.54, 1.807) is 25.6 Å². The highest BCUT2D eigenvalue weighted by Gasteiger charge is 2.65. The van der Waals surface area contributed by atoms with Gasteiger partial charge in [-0.05, 0) is 44.2 Å². The lowest BCUT2D eigenvalue weighted by Crippen LogP contribution is -2.61. The van der Waals surface area contributed by atoms with Crippen molar-refractivity contribution in [2.75, 3.05) is 26.7 Å². The number of amides is 3. The van der Waals surface area contributed by atoms with Crippen molar-refractivity contribution in [3.05, 3.63) is 71.8 Å². The quantitative estimate of drug-likeness (QED) is 0.569. The Labute approximate surface area is 229 Å². The van der Waals surface area contributed by atoms with Gasteiger partial charge in [-0.1, -0.05) is 60.7 Å². The van der Waals surface area contributed by atoms with Crippen molar-refractivity contribution < 1.29 is 14.4 Å². The number of rotatable bonds is 7. The van der Waals surface area contributed by atoms with Crippen LogP contribution in [-0.4, -0.2) is 70.5 Å². The predicted octanol–water partition coefficient (Wildman–Crippen LogP) is 3.15. The van der Waals surface area contributed by atoms with Crippen LogP contribution in [0.1, 0.15) is 50.2 Å². The average Bonchev–Trinajstić information content (AvgIpc) is 3.57. The standard InChI is InChI=1S/C30H38N4O3S/c1-28(2,31)25(35)32-30(17-24(30)38-19-21-11-6-4-7-12-21)27(37)34-16-10-15-29(20-34)23(18-33(3)26(29)36)22-13-8-5-9-14-22/h4-9,11-14,23-24H,10,15-20,31H2,1-3H3,(H,32,35)/t23-,24-,29-,30?/m0/s1. The van der Waals surface area contributed by atoms with E-state index in [4.69, 9.17) is 5.73 Å². The Morgan fingerprint density at radius 3 is 2.42 bits per heavy atom. The summed E-state index contributed by atoms with van der Waals surface area (Å²) in [7, 11) is 1.86. The van der Waals surface area contributed by atoms with Gasteiger partial charge < -0.3 is 20.9 Å². The lowest BCUT2D eigenvalue weighted by Gasteiger charge is -2.43. The summed E-state index contributed by atoms with van der Waals surface area (Å²) < 4.78 is 0. The SMILES string of the molecule is CN1C[C@@H](c2ccccc2)[C@@]2(CCCN(C(=O)C3(NC(=O)C(C)(C)N)C[C@@H]3SCc3ccccc3)C2)C1=O. The van der Waals surface area contributed by atoms with Crippen molar-refractivity contribution in [2.24, 2.45) is 11.1 Å². The van der Waals surface area contributed by atoms with E-state index < -0.39 is 16.5 Å². The molecule has 0 aromatic heterocycles. The number of hydrogen-bond donors (Lipinski definition) is 2. The van der Waals surface area contributed by atoms with E-state index in [-0.39, 0.29) is 28.9 Å². The van der Waals surface area contributed by atoms with Crippen LogP contribution in [0.5, 0.6) is 0 Å². The first kappa shape index (κ1) is 26.8. The Morgan fingerprint density at radius 2 is 1.76 bits per heavy atom. The zero-order chi connectivity index (χ0) is 27.1. The third-order valence-electron chi connectivity index (χ3n) is 8.40. The van der Waals surface area contributed by atoms with Crippen molar-refractivity contribution in [2.45, 2.75) is 61.1 Å². The summed E-state index contributed by atoms with van der Waals surface area (Å²) in [5.74, 6) is 0.461. The summed E-state index contributed by atoms with van der Waals surface area (Å²) in [5, 5.41) is 3.01. The number of likely N-dealkylation sites (N-methyl/N-ethyl adjacent to an activating group) is 1. The fraction of sp³-hybridized carbons (Fsp3) is 0.500. The van der Waals surface area contributed by atoms with Crippen molar-refractivity contribution in [1.82, 2.24) is 15.1 Å². The van der Waals surface area contributed by atoms with Crippen LogP contribution in [0.4, 0.5) is 0 Å². The maximum absolute atomic E-state index is 14.3. The van der Waals surface area contributed by atoms with Gasteiger partial charge in [0.2, 0.25) is 17.7 Å². The Hall–Kier alpha value is -2.84. The van der Waals surface area contributed by atoms with E-state index in [1.807, 2.05) is 53.2 Å². The van der Waals surface area contributed by atoms with E-state index in [1.165, 1.54) is 5.56 Å². The van der Waals surface area contributed by atoms with Gasteiger partial charge in [0.15, 0.2) is 0 Å². The number of thioether (sulfide) groups is 1. The predicted molar refractivity (Wildman–Crippen MR) is 150 cm³/mol. The third-order valence-corrected chi connectivity index (χ3v) is 9.87. The van der Waals surface area contributed by atoms with E-state index in [9.17, 15) is 14.4 Å². The van der Waals surface area contributed by atoms with Gasteiger partial charge in [0, 0.05) is 43.6 Å². The third kappa shape index (κ3) is 4.84. The number of hydrogen-bond acceptors (Lipinski definition) is 5. The van der Waals surface area contributed by atoms with E-state index >= 15 is 0 Å². The fourth-order valence-electron chi connectivity index (χ4n) is 6.15. The lowest BCUT2D eigenvalue weighted by molar-refractivity contribution is -0.146. The lowest BCUT2D eigenvalue weighted by atomic mass is 9.69. The van der Waals surface area contributed by atoms with Gasteiger partial charge in [0.1, 0.15) is 5.54 Å². The maximum atomic E-state index is 14.3. The van der Waals surface area contributed by atoms with Gasteiger partial charge in [0.25, 0.3) is 0 Å². The summed E-state index contributed by atoms with van der Waals surface area (Å²) in [6, 6.07) is 20.3. The number of nitrogens with two attached hydrogens (primary N) is 1. The minimum absolute atomic E-state index is 0.0211. The molecule has 1 unspecified atom stereocenters. The molecule has 7 nitrogen and oxygen atoms in total. The molecule has 4 atom stereocenters. The molecule has 2 aliphatic heterocycles. The summed E-state index contributed by atoms with van der Waals surface area (Å²) in [6.45, 7) is 4.90. The molecule has 1 spiro atoms. The summed E-state index contributed by atoms with van der Waals surface area (Å²) >= 11 is 1.69. The average molecular weight is 535 g/mol. The van der Waals surface area contributed by atoms with Gasteiger partial charge in [-0.25, -0.2) is 0 Å². The number of carbonyl (C=O) groups excluding carboxylic acids is 3. The monoisotopic (exact) mass is 534 g/mol. The van der Waals surface area contributed by atoms with Crippen molar-refractivity contribution >= 4 is 29.5 Å². The minimum Gasteiger partial charge on any atom is -0.345 e. The van der Waals surface area contributed by atoms with Gasteiger partial charge >= 0.3 is 0 Å². The van der Waals surface area contributed by atoms with Crippen LogP contribution in [0.3, 0.4) is 0 Å². The maximum Gasteiger partial charge on any atom is 0.249 e. The summed E-state index contributed by atoms with van der Waals surface area (Å²) in [5.41, 5.74) is 5.68. The largest absolute Gasteiger partial charge is 0.345 e. The van der Waals surface area contributed by atoms with Crippen LogP contribution in [0.15, 0.2) is 60.7 Å². The van der Waals surface area contributed by atoms with Crippen LogP contribution in [0, 0.1) is 5.41 Å². The Balaban J connectivity index is 1.40. The number of piperidine rings is 1. The Bertz CT molecular complexity index is 1200. The molecular weight excluding hydrogens is 496 g/mol. The Kier molecular flexibility index (Phi) is 7.07. The molecule has 38 heavy (non-hydrogen) atoms. The molecule has 0 bridgehead atoms. The molecular formula is C30H38N4O3S. The molecule has 5 rings (SSSR count). The van der Waals surface area contributed by atoms with Crippen molar-refractivity contribution in [3.63, 3.8) is 0 Å². The first-order chi connectivity index (χ1) is 18.1. The van der Waals surface area contributed by atoms with Crippen LogP contribution in [0.25, 0.3) is 0 Å². The molecule has 2 heterocycles. The Morgan fingerprint density at radius 1 is 1.11 bits per heavy atom. The fourth-order valence-corrected chi connectivity index (χ4v) is 7.56. The number of nitrogens with zero attached hydrogens (tertiary/aromatic N) is 2. The molecule has 3 amide bonds. The van der Waals surface area contributed by atoms with Crippen molar-refractivity contribution in [1.29, 1.82) is 0 Å². The molecule has 0 radical (unpaired) electrons. The first-order valence-electron chi connectivity index (χ1n) is 13.4. The van der Waals surface area contributed by atoms with E-state index in [2.05, 4.69) is 29.6 Å².